The highest BCUT2D eigenvalue weighted by Gasteiger charge is 2.19. The zero-order chi connectivity index (χ0) is 22.9. The van der Waals surface area contributed by atoms with E-state index in [-0.39, 0.29) is 11.4 Å². The third-order valence-electron chi connectivity index (χ3n) is 5.34. The van der Waals surface area contributed by atoms with Gasteiger partial charge in [-0.15, -0.1) is 0 Å². The molecule has 0 aliphatic heterocycles. The fourth-order valence-corrected chi connectivity index (χ4v) is 3.81. The molecule has 0 aliphatic carbocycles. The molecule has 0 saturated heterocycles. The van der Waals surface area contributed by atoms with E-state index < -0.39 is 0 Å². The van der Waals surface area contributed by atoms with E-state index >= 15 is 0 Å². The van der Waals surface area contributed by atoms with Gasteiger partial charge in [-0.25, -0.2) is 0 Å². The Balaban J connectivity index is 1.69. The van der Waals surface area contributed by atoms with E-state index in [1.54, 1.807) is 73.5 Å². The van der Waals surface area contributed by atoms with Crippen LogP contribution in [0.25, 0.3) is 39.3 Å². The van der Waals surface area contributed by atoms with E-state index in [1.165, 1.54) is 0 Å². The highest BCUT2D eigenvalue weighted by molar-refractivity contribution is 6.30. The van der Waals surface area contributed by atoms with Crippen LogP contribution in [0.2, 0.25) is 5.02 Å². The number of hydrogen-bond acceptors (Lipinski definition) is 6. The topological polar surface area (TPSA) is 79.4 Å². The van der Waals surface area contributed by atoms with Gasteiger partial charge in [-0.1, -0.05) is 35.0 Å². The Labute approximate surface area is 193 Å². The first-order valence-electron chi connectivity index (χ1n) is 10.1. The fourth-order valence-electron chi connectivity index (χ4n) is 3.68. The van der Waals surface area contributed by atoms with Crippen molar-refractivity contribution in [2.75, 3.05) is 14.2 Å². The minimum absolute atomic E-state index is 0.159. The molecule has 0 saturated carbocycles. The Morgan fingerprint density at radius 3 is 2.39 bits per heavy atom. The van der Waals surface area contributed by atoms with E-state index in [9.17, 15) is 4.79 Å². The second kappa shape index (κ2) is 8.44. The average Bonchev–Trinajstić information content (AvgIpc) is 3.34. The van der Waals surface area contributed by atoms with Gasteiger partial charge in [0.05, 0.1) is 25.3 Å². The van der Waals surface area contributed by atoms with Gasteiger partial charge in [-0.2, -0.15) is 4.98 Å². The summed E-state index contributed by atoms with van der Waals surface area (Å²) in [4.78, 5) is 17.8. The molecule has 0 unspecified atom stereocenters. The molecule has 0 amide bonds. The van der Waals surface area contributed by atoms with Crippen molar-refractivity contribution in [3.63, 3.8) is 0 Å². The molecule has 5 rings (SSSR count). The van der Waals surface area contributed by atoms with Crippen LogP contribution >= 0.6 is 11.6 Å². The van der Waals surface area contributed by atoms with Crippen LogP contribution in [0.3, 0.4) is 0 Å². The van der Waals surface area contributed by atoms with Crippen molar-refractivity contribution in [2.45, 2.75) is 0 Å². The summed E-state index contributed by atoms with van der Waals surface area (Å²) in [6, 6.07) is 19.7. The predicted molar refractivity (Wildman–Crippen MR) is 126 cm³/mol. The summed E-state index contributed by atoms with van der Waals surface area (Å²) in [5.74, 6) is 1.85. The van der Waals surface area contributed by atoms with Gasteiger partial charge in [0.25, 0.3) is 11.4 Å². The summed E-state index contributed by atoms with van der Waals surface area (Å²) in [5, 5.41) is 5.99. The van der Waals surface area contributed by atoms with Crippen LogP contribution in [0.4, 0.5) is 0 Å². The molecule has 2 heterocycles. The smallest absolute Gasteiger partial charge is 0.262 e. The van der Waals surface area contributed by atoms with Crippen molar-refractivity contribution < 1.29 is 14.0 Å². The van der Waals surface area contributed by atoms with Gasteiger partial charge < -0.3 is 14.0 Å². The maximum Gasteiger partial charge on any atom is 0.262 e. The molecule has 8 heteroatoms. The molecule has 5 aromatic rings. The van der Waals surface area contributed by atoms with Crippen LogP contribution in [0.5, 0.6) is 11.5 Å². The van der Waals surface area contributed by atoms with Crippen molar-refractivity contribution in [1.29, 1.82) is 0 Å². The summed E-state index contributed by atoms with van der Waals surface area (Å²) >= 11 is 6.03. The third kappa shape index (κ3) is 3.72. The number of nitrogens with zero attached hydrogens (tertiary/aromatic N) is 3. The van der Waals surface area contributed by atoms with Crippen molar-refractivity contribution in [2.24, 2.45) is 0 Å². The van der Waals surface area contributed by atoms with Crippen LogP contribution in [-0.2, 0) is 0 Å². The number of fused-ring (bicyclic) bond motifs is 1. The molecular formula is C25H18ClN3O4. The lowest BCUT2D eigenvalue weighted by Gasteiger charge is -2.10. The number of rotatable bonds is 5. The molecular weight excluding hydrogens is 442 g/mol. The van der Waals surface area contributed by atoms with Crippen molar-refractivity contribution in [3.8, 4) is 40.0 Å². The number of benzene rings is 3. The SMILES string of the molecule is COc1ccc(-c2noc(-c3cn(-c4ccc(Cl)cc4)c(=O)c4ccccc34)n2)c(OC)c1. The number of aromatic nitrogens is 3. The first-order chi connectivity index (χ1) is 16.1. The zero-order valence-corrected chi connectivity index (χ0v) is 18.5. The lowest BCUT2D eigenvalue weighted by atomic mass is 10.1. The minimum Gasteiger partial charge on any atom is -0.497 e. The van der Waals surface area contributed by atoms with E-state index in [0.29, 0.717) is 49.9 Å². The second-order valence-corrected chi connectivity index (χ2v) is 7.67. The zero-order valence-electron chi connectivity index (χ0n) is 17.8. The predicted octanol–water partition coefficient (Wildman–Crippen LogP) is 5.38. The number of hydrogen-bond donors (Lipinski definition) is 0. The molecule has 33 heavy (non-hydrogen) atoms. The van der Waals surface area contributed by atoms with E-state index in [0.717, 1.165) is 0 Å². The molecule has 2 aromatic heterocycles. The molecule has 0 N–H and O–H groups in total. The molecule has 0 spiro atoms. The Hall–Kier alpha value is -4.10. The maximum atomic E-state index is 13.2. The van der Waals surface area contributed by atoms with Crippen LogP contribution in [0, 0.1) is 0 Å². The average molecular weight is 460 g/mol. The Morgan fingerprint density at radius 2 is 1.67 bits per heavy atom. The summed E-state index contributed by atoms with van der Waals surface area (Å²) in [7, 11) is 3.15. The Kier molecular flexibility index (Phi) is 5.32. The minimum atomic E-state index is -0.159. The summed E-state index contributed by atoms with van der Waals surface area (Å²) in [6.45, 7) is 0. The van der Waals surface area contributed by atoms with Gasteiger partial charge in [-0.05, 0) is 42.5 Å². The van der Waals surface area contributed by atoms with Crippen LogP contribution < -0.4 is 15.0 Å². The maximum absolute atomic E-state index is 13.2. The molecule has 3 aromatic carbocycles. The normalized spacial score (nSPS) is 11.0. The lowest BCUT2D eigenvalue weighted by Crippen LogP contribution is -2.18. The van der Waals surface area contributed by atoms with Crippen LogP contribution in [-0.4, -0.2) is 28.9 Å². The van der Waals surface area contributed by atoms with Gasteiger partial charge in [0.15, 0.2) is 0 Å². The van der Waals surface area contributed by atoms with Gasteiger partial charge in [-0.3, -0.25) is 9.36 Å². The van der Waals surface area contributed by atoms with Crippen molar-refractivity contribution >= 4 is 22.4 Å². The van der Waals surface area contributed by atoms with Crippen molar-refractivity contribution in [3.05, 3.63) is 88.3 Å². The standard InChI is InChI=1S/C25H18ClN3O4/c1-31-17-11-12-20(22(13-17)32-2)23-27-24(33-28-23)21-14-29(16-9-7-15(26)8-10-16)25(30)19-6-4-3-5-18(19)21/h3-14H,1-2H3. The Bertz CT molecular complexity index is 1520. The number of halogens is 1. The largest absolute Gasteiger partial charge is 0.497 e. The van der Waals surface area contributed by atoms with Crippen LogP contribution in [0.1, 0.15) is 0 Å². The van der Waals surface area contributed by atoms with E-state index in [4.69, 9.17) is 25.6 Å². The highest BCUT2D eigenvalue weighted by Crippen LogP contribution is 2.34. The summed E-state index contributed by atoms with van der Waals surface area (Å²) < 4.78 is 17.9. The summed E-state index contributed by atoms with van der Waals surface area (Å²) in [6.07, 6.45) is 1.70. The molecule has 0 radical (unpaired) electrons. The quantitative estimate of drug-likeness (QED) is 0.351. The van der Waals surface area contributed by atoms with E-state index in [2.05, 4.69) is 10.1 Å². The molecule has 0 atom stereocenters. The highest BCUT2D eigenvalue weighted by atomic mass is 35.5. The molecule has 7 nitrogen and oxygen atoms in total. The van der Waals surface area contributed by atoms with Gasteiger partial charge in [0.1, 0.15) is 11.5 Å². The fraction of sp³-hybridized carbons (Fsp3) is 0.0800. The number of methoxy groups -OCH3 is 2. The number of pyridine rings is 1. The van der Waals surface area contributed by atoms with Crippen LogP contribution in [0.15, 0.2) is 82.2 Å². The Morgan fingerprint density at radius 1 is 0.909 bits per heavy atom. The number of ether oxygens (including phenoxy) is 2. The first kappa shape index (κ1) is 20.8. The van der Waals surface area contributed by atoms with Gasteiger partial charge in [0.2, 0.25) is 5.82 Å². The second-order valence-electron chi connectivity index (χ2n) is 7.23. The van der Waals surface area contributed by atoms with Gasteiger partial charge in [0, 0.05) is 33.7 Å². The molecule has 0 aliphatic rings. The van der Waals surface area contributed by atoms with E-state index in [1.807, 2.05) is 18.2 Å². The third-order valence-corrected chi connectivity index (χ3v) is 5.59. The monoisotopic (exact) mass is 459 g/mol. The lowest BCUT2D eigenvalue weighted by molar-refractivity contribution is 0.394. The van der Waals surface area contributed by atoms with Gasteiger partial charge >= 0.3 is 0 Å². The molecule has 164 valence electrons. The molecule has 0 fully saturated rings. The summed E-state index contributed by atoms with van der Waals surface area (Å²) in [5.41, 5.74) is 1.80. The van der Waals surface area contributed by atoms with Crippen molar-refractivity contribution in [1.82, 2.24) is 14.7 Å². The molecule has 0 bridgehead atoms. The first-order valence-corrected chi connectivity index (χ1v) is 10.4.